The van der Waals surface area contributed by atoms with E-state index in [9.17, 15) is 19.8 Å². The highest BCUT2D eigenvalue weighted by Crippen LogP contribution is 2.25. The van der Waals surface area contributed by atoms with Crippen molar-refractivity contribution < 1.29 is 56.5 Å². The number of aliphatic hydroxyl groups excluding tert-OH is 2. The molecule has 0 aliphatic rings. The fraction of sp³-hybridized carbons (Fsp3) is 0.978. The van der Waals surface area contributed by atoms with Gasteiger partial charge in [0.2, 0.25) is 0 Å². The van der Waals surface area contributed by atoms with Crippen molar-refractivity contribution in [1.82, 2.24) is 9.80 Å². The molecular formula is C92H190N2O12Si2. The van der Waals surface area contributed by atoms with Crippen LogP contribution in [0.2, 0.25) is 26.2 Å². The number of carbonyl (C=O) groups excluding carboxylic acids is 2. The van der Waals surface area contributed by atoms with Crippen LogP contribution in [0.3, 0.4) is 0 Å². The molecule has 0 spiro atoms. The molecule has 0 heterocycles. The quantitative estimate of drug-likeness (QED) is 0.0257. The van der Waals surface area contributed by atoms with Gasteiger partial charge in [-0.3, -0.25) is 9.59 Å². The summed E-state index contributed by atoms with van der Waals surface area (Å²) in [4.78, 5) is 31.1. The Kier molecular flexibility index (Phi) is 86.2. The highest BCUT2D eigenvalue weighted by Gasteiger charge is 2.31. The lowest BCUT2D eigenvalue weighted by Crippen LogP contribution is -2.40. The van der Waals surface area contributed by atoms with Crippen LogP contribution in [0.15, 0.2) is 0 Å². The van der Waals surface area contributed by atoms with Crippen molar-refractivity contribution in [2.75, 3.05) is 92.1 Å². The first kappa shape index (κ1) is 109. The Morgan fingerprint density at radius 3 is 0.741 bits per heavy atom. The van der Waals surface area contributed by atoms with Gasteiger partial charge in [-0.2, -0.15) is 0 Å². The second-order valence-electron chi connectivity index (χ2n) is 33.1. The molecule has 0 saturated carbocycles. The average molecular weight is 1570 g/mol. The number of hydrogen-bond acceptors (Lipinski definition) is 14. The Labute approximate surface area is 675 Å². The average Bonchev–Trinajstić information content (AvgIpc) is 0.950. The molecule has 0 aromatic carbocycles. The Balaban J connectivity index is 0. The molecule has 2 N–H and O–H groups in total. The summed E-state index contributed by atoms with van der Waals surface area (Å²) < 4.78 is 49.0. The van der Waals surface area contributed by atoms with Crippen LogP contribution in [-0.4, -0.2) is 154 Å². The standard InChI is InChI=1S/2C46H95NO6Si/c2*1-7-11-14-17-19-21-28-37-45(50-10-4)53-54(5,6)52-43-34-25-23-30-39-47(40-31-32-41-48)38-29-22-24-33-42-51-46(49)44(35-26-16-13-9-3)36-27-20-18-15-12-8-2/h2*44-45,48H,7-43H2,1-6H3. The Bertz CT molecular complexity index is 1670. The number of unbranched alkanes of at least 4 members (excludes halogenated alkanes) is 42. The van der Waals surface area contributed by atoms with Gasteiger partial charge in [-0.15, -0.1) is 0 Å². The van der Waals surface area contributed by atoms with E-state index in [2.05, 4.69) is 91.4 Å². The van der Waals surface area contributed by atoms with E-state index >= 15 is 0 Å². The molecule has 0 bridgehead atoms. The molecule has 4 unspecified atom stereocenters. The number of nitrogens with zero attached hydrogens (tertiary/aromatic N) is 2. The molecule has 16 heteroatoms. The molecule has 0 amide bonds. The van der Waals surface area contributed by atoms with E-state index in [0.29, 0.717) is 26.4 Å². The first-order chi connectivity index (χ1) is 52.7. The zero-order valence-electron chi connectivity index (χ0n) is 74.5. The van der Waals surface area contributed by atoms with E-state index in [0.717, 1.165) is 194 Å². The predicted molar refractivity (Wildman–Crippen MR) is 467 cm³/mol. The molecule has 0 fully saturated rings. The number of rotatable bonds is 88. The Morgan fingerprint density at radius 2 is 0.481 bits per heavy atom. The maximum atomic E-state index is 13.0. The lowest BCUT2D eigenvalue weighted by Gasteiger charge is -2.29. The third kappa shape index (κ3) is 77.5. The Morgan fingerprint density at radius 1 is 0.269 bits per heavy atom. The minimum absolute atomic E-state index is 0.0603. The largest absolute Gasteiger partial charge is 0.465 e. The summed E-state index contributed by atoms with van der Waals surface area (Å²) >= 11 is 0. The first-order valence-electron chi connectivity index (χ1n) is 47.5. The number of ether oxygens (including phenoxy) is 4. The number of carbonyl (C=O) groups is 2. The van der Waals surface area contributed by atoms with Gasteiger partial charge in [0, 0.05) is 39.6 Å². The van der Waals surface area contributed by atoms with Crippen molar-refractivity contribution in [1.29, 1.82) is 0 Å². The van der Waals surface area contributed by atoms with Gasteiger partial charge in [-0.1, -0.05) is 298 Å². The second-order valence-corrected chi connectivity index (χ2v) is 39.7. The second kappa shape index (κ2) is 85.3. The third-order valence-electron chi connectivity index (χ3n) is 21.5. The van der Waals surface area contributed by atoms with E-state index in [1.165, 1.54) is 244 Å². The van der Waals surface area contributed by atoms with E-state index in [1.807, 2.05) is 0 Å². The third-order valence-corrected chi connectivity index (χ3v) is 25.0. The van der Waals surface area contributed by atoms with Gasteiger partial charge in [0.05, 0.1) is 25.0 Å². The smallest absolute Gasteiger partial charge is 0.333 e. The monoisotopic (exact) mass is 1570 g/mol. The fourth-order valence-electron chi connectivity index (χ4n) is 14.6. The van der Waals surface area contributed by atoms with Crippen molar-refractivity contribution in [3.05, 3.63) is 0 Å². The summed E-state index contributed by atoms with van der Waals surface area (Å²) in [5, 5.41) is 18.7. The van der Waals surface area contributed by atoms with Crippen LogP contribution in [0.5, 0.6) is 0 Å². The molecule has 0 aliphatic carbocycles. The predicted octanol–water partition coefficient (Wildman–Crippen LogP) is 26.6. The molecule has 14 nitrogen and oxygen atoms in total. The van der Waals surface area contributed by atoms with Crippen molar-refractivity contribution in [3.8, 4) is 0 Å². The fourth-order valence-corrected chi connectivity index (χ4v) is 17.7. The number of esters is 2. The van der Waals surface area contributed by atoms with Crippen molar-refractivity contribution in [3.63, 3.8) is 0 Å². The van der Waals surface area contributed by atoms with Crippen LogP contribution in [0.25, 0.3) is 0 Å². The van der Waals surface area contributed by atoms with Gasteiger partial charge in [-0.25, -0.2) is 0 Å². The van der Waals surface area contributed by atoms with Gasteiger partial charge in [0.25, 0.3) is 0 Å². The molecule has 0 saturated heterocycles. The summed E-state index contributed by atoms with van der Waals surface area (Å²) in [6.07, 6.45) is 70.9. The van der Waals surface area contributed by atoms with Crippen LogP contribution >= 0.6 is 0 Å². The zero-order chi connectivity index (χ0) is 79.6. The molecule has 0 aliphatic heterocycles. The maximum absolute atomic E-state index is 13.0. The lowest BCUT2D eigenvalue weighted by atomic mass is 9.94. The lowest BCUT2D eigenvalue weighted by molar-refractivity contribution is -0.150. The number of hydrogen-bond donors (Lipinski definition) is 2. The summed E-state index contributed by atoms with van der Waals surface area (Å²) in [7, 11) is -4.46. The minimum Gasteiger partial charge on any atom is -0.465 e. The van der Waals surface area contributed by atoms with Crippen LogP contribution < -0.4 is 0 Å². The van der Waals surface area contributed by atoms with Crippen LogP contribution in [0.1, 0.15) is 441 Å². The maximum Gasteiger partial charge on any atom is 0.333 e. The summed E-state index contributed by atoms with van der Waals surface area (Å²) in [6.45, 7) is 37.5. The summed E-state index contributed by atoms with van der Waals surface area (Å²) in [5.41, 5.74) is 0. The molecular weight excluding hydrogens is 1380 g/mol. The van der Waals surface area contributed by atoms with Crippen molar-refractivity contribution >= 4 is 29.1 Å². The van der Waals surface area contributed by atoms with E-state index < -0.39 is 17.1 Å². The van der Waals surface area contributed by atoms with Crippen LogP contribution in [0, 0.1) is 11.8 Å². The van der Waals surface area contributed by atoms with E-state index in [4.69, 9.17) is 36.7 Å². The number of aliphatic hydroxyl groups is 2. The molecule has 108 heavy (non-hydrogen) atoms. The highest BCUT2D eigenvalue weighted by atomic mass is 28.4. The van der Waals surface area contributed by atoms with Crippen molar-refractivity contribution in [2.24, 2.45) is 11.8 Å². The molecule has 648 valence electrons. The van der Waals surface area contributed by atoms with Gasteiger partial charge in [-0.05, 0) is 208 Å². The van der Waals surface area contributed by atoms with Gasteiger partial charge < -0.3 is 56.7 Å². The normalized spacial score (nSPS) is 13.2. The molecule has 0 aromatic heterocycles. The molecule has 4 atom stereocenters. The SMILES string of the molecule is CCCCCCCCCC(OCC)O[Si](C)(C)OCCCCCCN(CCCCO)CCCCCCOC(=O)C(CCCCCC)CCCCCCCC.CCCCCCCCCC(OCC)O[Si](C)(C)OCCCCCCN(CCCCO)CCCCCCOC(=O)C(CCCCCC)CCCCCCCC. The van der Waals surface area contributed by atoms with Crippen LogP contribution in [0.4, 0.5) is 0 Å². The van der Waals surface area contributed by atoms with Crippen molar-refractivity contribution in [2.45, 2.75) is 479 Å². The topological polar surface area (TPSA) is 155 Å². The minimum atomic E-state index is -2.23. The zero-order valence-corrected chi connectivity index (χ0v) is 76.5. The first-order valence-corrected chi connectivity index (χ1v) is 53.2. The van der Waals surface area contributed by atoms with Gasteiger partial charge in [0.15, 0.2) is 0 Å². The summed E-state index contributed by atoms with van der Waals surface area (Å²) in [5.74, 6) is 0.312. The Hall–Kier alpha value is -1.03. The molecule has 0 rings (SSSR count). The van der Waals surface area contributed by atoms with E-state index in [1.54, 1.807) is 0 Å². The van der Waals surface area contributed by atoms with Gasteiger partial charge in [0.1, 0.15) is 12.6 Å². The van der Waals surface area contributed by atoms with E-state index in [-0.39, 0.29) is 49.6 Å². The highest BCUT2D eigenvalue weighted by molar-refractivity contribution is 6.64. The van der Waals surface area contributed by atoms with Crippen LogP contribution in [-0.2, 0) is 46.2 Å². The van der Waals surface area contributed by atoms with Gasteiger partial charge >= 0.3 is 29.1 Å². The summed E-state index contributed by atoms with van der Waals surface area (Å²) in [6, 6.07) is 0. The molecule has 0 aromatic rings. The molecule has 0 radical (unpaired) electrons.